The normalized spacial score (nSPS) is 10.5. The summed E-state index contributed by atoms with van der Waals surface area (Å²) in [4.78, 5) is 16.2. The van der Waals surface area contributed by atoms with Gasteiger partial charge in [-0.25, -0.2) is 4.79 Å². The molecule has 0 N–H and O–H groups in total. The summed E-state index contributed by atoms with van der Waals surface area (Å²) < 4.78 is 22.4. The molecule has 8 nitrogen and oxygen atoms in total. The van der Waals surface area contributed by atoms with E-state index in [0.29, 0.717) is 28.6 Å². The van der Waals surface area contributed by atoms with E-state index in [0.717, 1.165) is 0 Å². The summed E-state index contributed by atoms with van der Waals surface area (Å²) in [5.41, 5.74) is 1.14. The standard InChI is InChI=1S/C17H17N3O5/c1-20-8-4-5-12(20)17(21)24-10-15-18-16(19-25-15)11-6-7-13(22-2)14(9-11)23-3/h4-9H,10H2,1-3H3. The Morgan fingerprint density at radius 1 is 1.20 bits per heavy atom. The minimum Gasteiger partial charge on any atom is -0.493 e. The second-order valence-electron chi connectivity index (χ2n) is 5.16. The van der Waals surface area contributed by atoms with Crippen LogP contribution in [0.1, 0.15) is 16.4 Å². The van der Waals surface area contributed by atoms with Crippen LogP contribution in [-0.2, 0) is 18.4 Å². The molecule has 3 aromatic rings. The Hall–Kier alpha value is -3.29. The van der Waals surface area contributed by atoms with Gasteiger partial charge < -0.3 is 23.3 Å². The van der Waals surface area contributed by atoms with E-state index >= 15 is 0 Å². The van der Waals surface area contributed by atoms with Crippen molar-refractivity contribution in [3.8, 4) is 22.9 Å². The second-order valence-corrected chi connectivity index (χ2v) is 5.16. The van der Waals surface area contributed by atoms with Crippen molar-refractivity contribution in [3.63, 3.8) is 0 Å². The van der Waals surface area contributed by atoms with Gasteiger partial charge in [-0.1, -0.05) is 5.16 Å². The van der Waals surface area contributed by atoms with Crippen LogP contribution >= 0.6 is 0 Å². The average molecular weight is 343 g/mol. The van der Waals surface area contributed by atoms with E-state index < -0.39 is 5.97 Å². The molecular formula is C17H17N3O5. The third kappa shape index (κ3) is 3.47. The summed E-state index contributed by atoms with van der Waals surface area (Å²) >= 11 is 0. The summed E-state index contributed by atoms with van der Waals surface area (Å²) in [6.07, 6.45) is 1.76. The van der Waals surface area contributed by atoms with E-state index in [1.165, 1.54) is 0 Å². The summed E-state index contributed by atoms with van der Waals surface area (Å²) in [5, 5.41) is 3.90. The Morgan fingerprint density at radius 3 is 2.68 bits per heavy atom. The van der Waals surface area contributed by atoms with E-state index in [1.807, 2.05) is 0 Å². The van der Waals surface area contributed by atoms with Crippen molar-refractivity contribution in [1.29, 1.82) is 0 Å². The molecule has 1 aromatic carbocycles. The Morgan fingerprint density at radius 2 is 2.00 bits per heavy atom. The number of hydrogen-bond acceptors (Lipinski definition) is 7. The maximum absolute atomic E-state index is 12.0. The zero-order valence-corrected chi connectivity index (χ0v) is 14.1. The Bertz CT molecular complexity index is 884. The summed E-state index contributed by atoms with van der Waals surface area (Å²) in [5.74, 6) is 1.27. The number of ether oxygens (including phenoxy) is 3. The lowest BCUT2D eigenvalue weighted by Crippen LogP contribution is -2.09. The number of esters is 1. The molecule has 3 rings (SSSR count). The Balaban J connectivity index is 1.70. The first-order chi connectivity index (χ1) is 12.1. The molecule has 0 saturated carbocycles. The highest BCUT2D eigenvalue weighted by Gasteiger charge is 2.15. The topological polar surface area (TPSA) is 88.6 Å². The Labute approximate surface area is 143 Å². The maximum atomic E-state index is 12.0. The number of methoxy groups -OCH3 is 2. The predicted octanol–water partition coefficient (Wildman–Crippen LogP) is 2.45. The van der Waals surface area contributed by atoms with Gasteiger partial charge in [0.05, 0.1) is 14.2 Å². The number of benzene rings is 1. The molecule has 0 radical (unpaired) electrons. The van der Waals surface area contributed by atoms with Gasteiger partial charge in [0.1, 0.15) is 5.69 Å². The highest BCUT2D eigenvalue weighted by atomic mass is 16.6. The molecule has 0 bridgehead atoms. The fourth-order valence-corrected chi connectivity index (χ4v) is 2.28. The van der Waals surface area contributed by atoms with Gasteiger partial charge in [0.25, 0.3) is 5.89 Å². The van der Waals surface area contributed by atoms with E-state index in [1.54, 1.807) is 62.4 Å². The molecule has 8 heteroatoms. The molecule has 0 amide bonds. The minimum absolute atomic E-state index is 0.107. The van der Waals surface area contributed by atoms with Crippen LogP contribution in [-0.4, -0.2) is 34.9 Å². The van der Waals surface area contributed by atoms with Gasteiger partial charge in [-0.3, -0.25) is 0 Å². The summed E-state index contributed by atoms with van der Waals surface area (Å²) in [7, 11) is 4.87. The van der Waals surface area contributed by atoms with Crippen LogP contribution in [0.4, 0.5) is 0 Å². The highest BCUT2D eigenvalue weighted by Crippen LogP contribution is 2.31. The molecule has 0 spiro atoms. The van der Waals surface area contributed by atoms with Crippen molar-refractivity contribution in [2.24, 2.45) is 7.05 Å². The Kier molecular flexibility index (Phi) is 4.69. The van der Waals surface area contributed by atoms with E-state index in [9.17, 15) is 4.79 Å². The number of hydrogen-bond donors (Lipinski definition) is 0. The molecular weight excluding hydrogens is 326 g/mol. The molecule has 0 aliphatic heterocycles. The number of aromatic nitrogens is 3. The van der Waals surface area contributed by atoms with Crippen molar-refractivity contribution in [1.82, 2.24) is 14.7 Å². The predicted molar refractivity (Wildman–Crippen MR) is 87.4 cm³/mol. The van der Waals surface area contributed by atoms with Crippen LogP contribution in [0.2, 0.25) is 0 Å². The van der Waals surface area contributed by atoms with Crippen LogP contribution in [0.25, 0.3) is 11.4 Å². The molecule has 130 valence electrons. The number of rotatable bonds is 6. The molecule has 0 saturated heterocycles. The van der Waals surface area contributed by atoms with Crippen LogP contribution in [0.15, 0.2) is 41.1 Å². The fourth-order valence-electron chi connectivity index (χ4n) is 2.28. The zero-order valence-electron chi connectivity index (χ0n) is 14.1. The van der Waals surface area contributed by atoms with Crippen molar-refractivity contribution in [3.05, 3.63) is 48.1 Å². The highest BCUT2D eigenvalue weighted by molar-refractivity contribution is 5.87. The van der Waals surface area contributed by atoms with Gasteiger partial charge in [-0.05, 0) is 30.3 Å². The molecule has 0 atom stereocenters. The monoisotopic (exact) mass is 343 g/mol. The van der Waals surface area contributed by atoms with Gasteiger partial charge in [0, 0.05) is 18.8 Å². The van der Waals surface area contributed by atoms with Crippen LogP contribution < -0.4 is 9.47 Å². The summed E-state index contributed by atoms with van der Waals surface area (Å²) in [6, 6.07) is 8.71. The molecule has 0 aliphatic rings. The molecule has 2 aromatic heterocycles. The van der Waals surface area contributed by atoms with E-state index in [-0.39, 0.29) is 12.5 Å². The molecule has 0 aliphatic carbocycles. The molecule has 2 heterocycles. The van der Waals surface area contributed by atoms with Crippen molar-refractivity contribution in [2.75, 3.05) is 14.2 Å². The zero-order chi connectivity index (χ0) is 17.8. The first-order valence-electron chi connectivity index (χ1n) is 7.46. The first-order valence-corrected chi connectivity index (χ1v) is 7.46. The van der Waals surface area contributed by atoms with Crippen LogP contribution in [0, 0.1) is 0 Å². The largest absolute Gasteiger partial charge is 0.493 e. The lowest BCUT2D eigenvalue weighted by Gasteiger charge is -2.07. The molecule has 0 fully saturated rings. The molecule has 0 unspecified atom stereocenters. The third-order valence-electron chi connectivity index (χ3n) is 3.59. The van der Waals surface area contributed by atoms with E-state index in [2.05, 4.69) is 10.1 Å². The lowest BCUT2D eigenvalue weighted by molar-refractivity contribution is 0.0418. The fraction of sp³-hybridized carbons (Fsp3) is 0.235. The van der Waals surface area contributed by atoms with Gasteiger partial charge in [0.15, 0.2) is 18.1 Å². The van der Waals surface area contributed by atoms with Crippen molar-refractivity contribution < 1.29 is 23.5 Å². The number of nitrogens with zero attached hydrogens (tertiary/aromatic N) is 3. The maximum Gasteiger partial charge on any atom is 0.355 e. The SMILES string of the molecule is COc1ccc(-c2noc(COC(=O)c3cccn3C)n2)cc1OC. The average Bonchev–Trinajstić information content (AvgIpc) is 3.28. The van der Waals surface area contributed by atoms with Crippen molar-refractivity contribution in [2.45, 2.75) is 6.61 Å². The minimum atomic E-state index is -0.460. The quantitative estimate of drug-likeness (QED) is 0.635. The number of carbonyl (C=O) groups excluding carboxylic acids is 1. The molecule has 25 heavy (non-hydrogen) atoms. The van der Waals surface area contributed by atoms with Crippen LogP contribution in [0.3, 0.4) is 0 Å². The van der Waals surface area contributed by atoms with Crippen molar-refractivity contribution >= 4 is 5.97 Å². The van der Waals surface area contributed by atoms with E-state index in [4.69, 9.17) is 18.7 Å². The summed E-state index contributed by atoms with van der Waals surface area (Å²) in [6.45, 7) is -0.107. The third-order valence-corrected chi connectivity index (χ3v) is 3.59. The number of carbonyl (C=O) groups is 1. The van der Waals surface area contributed by atoms with Crippen LogP contribution in [0.5, 0.6) is 11.5 Å². The first kappa shape index (κ1) is 16.6. The van der Waals surface area contributed by atoms with Gasteiger partial charge in [0.2, 0.25) is 5.82 Å². The second kappa shape index (κ2) is 7.08. The smallest absolute Gasteiger partial charge is 0.355 e. The number of aryl methyl sites for hydroxylation is 1. The van der Waals surface area contributed by atoms with Gasteiger partial charge in [-0.15, -0.1) is 0 Å². The lowest BCUT2D eigenvalue weighted by atomic mass is 10.2. The van der Waals surface area contributed by atoms with Gasteiger partial charge >= 0.3 is 5.97 Å². The van der Waals surface area contributed by atoms with Gasteiger partial charge in [-0.2, -0.15) is 4.98 Å².